The van der Waals surface area contributed by atoms with Crippen molar-refractivity contribution >= 4 is 16.9 Å². The first-order valence-corrected chi connectivity index (χ1v) is 9.76. The number of hydrogen-bond acceptors (Lipinski definition) is 7. The number of benzene rings is 1. The summed E-state index contributed by atoms with van der Waals surface area (Å²) in [7, 11) is 0. The van der Waals surface area contributed by atoms with Crippen LogP contribution in [0.3, 0.4) is 0 Å². The summed E-state index contributed by atoms with van der Waals surface area (Å²) in [6.07, 6.45) is 5.84. The number of ether oxygens (including phenoxy) is 3. The van der Waals surface area contributed by atoms with Crippen molar-refractivity contribution in [2.24, 2.45) is 0 Å². The van der Waals surface area contributed by atoms with Gasteiger partial charge in [-0.2, -0.15) is 0 Å². The van der Waals surface area contributed by atoms with Gasteiger partial charge in [-0.3, -0.25) is 4.79 Å². The molecule has 162 valence electrons. The van der Waals surface area contributed by atoms with Gasteiger partial charge in [-0.25, -0.2) is 4.79 Å². The molecular formula is C23H28O7. The van der Waals surface area contributed by atoms with E-state index in [0.29, 0.717) is 5.75 Å². The molecule has 0 radical (unpaired) electrons. The number of fused-ring (bicyclic) bond motifs is 1. The third-order valence-electron chi connectivity index (χ3n) is 4.22. The van der Waals surface area contributed by atoms with Crippen LogP contribution >= 0.6 is 0 Å². The van der Waals surface area contributed by atoms with Crippen molar-refractivity contribution < 1.29 is 28.5 Å². The normalized spacial score (nSPS) is 11.3. The molecule has 1 aromatic heterocycles. The van der Waals surface area contributed by atoms with Crippen LogP contribution in [-0.2, 0) is 9.53 Å². The maximum absolute atomic E-state index is 12.2. The van der Waals surface area contributed by atoms with E-state index in [1.807, 2.05) is 13.0 Å². The molecule has 2 rings (SSSR count). The van der Waals surface area contributed by atoms with E-state index in [0.717, 1.165) is 18.4 Å². The lowest BCUT2D eigenvalue weighted by Crippen LogP contribution is -2.11. The van der Waals surface area contributed by atoms with Crippen LogP contribution in [0.1, 0.15) is 40.5 Å². The predicted octanol–water partition coefficient (Wildman–Crippen LogP) is 4.51. The minimum absolute atomic E-state index is 0.0590. The first kappa shape index (κ1) is 23.1. The van der Waals surface area contributed by atoms with Crippen LogP contribution in [0, 0.1) is 0 Å². The molecule has 0 aliphatic carbocycles. The number of esters is 1. The molecule has 1 heterocycles. The zero-order valence-electron chi connectivity index (χ0n) is 17.8. The summed E-state index contributed by atoms with van der Waals surface area (Å²) < 4.78 is 21.2. The summed E-state index contributed by atoms with van der Waals surface area (Å²) in [5.41, 5.74) is 1.78. The summed E-state index contributed by atoms with van der Waals surface area (Å²) in [6, 6.07) is 4.80. The smallest absolute Gasteiger partial charge is 0.383 e. The Morgan fingerprint density at radius 2 is 1.87 bits per heavy atom. The number of allylic oxidation sites excluding steroid dienone is 3. The van der Waals surface area contributed by atoms with Gasteiger partial charge in [-0.05, 0) is 51.8 Å². The van der Waals surface area contributed by atoms with Gasteiger partial charge in [-0.15, -0.1) is 0 Å². The molecule has 1 aromatic carbocycles. The van der Waals surface area contributed by atoms with Gasteiger partial charge in [0.25, 0.3) is 0 Å². The van der Waals surface area contributed by atoms with Crippen molar-refractivity contribution in [3.8, 4) is 17.2 Å². The standard InChI is InChI=1S/C23H28O7/c1-15(2)7-5-8-16(3)11-12-29-22-21(25)20-18(28-14-13-27-17(4)24)9-6-10-19(20)30-23(22)26/h6-7,9-11,25H,5,8,12-14H2,1-4H3. The lowest BCUT2D eigenvalue weighted by Gasteiger charge is -2.12. The van der Waals surface area contributed by atoms with Gasteiger partial charge in [-0.1, -0.05) is 23.3 Å². The first-order valence-electron chi connectivity index (χ1n) is 9.76. The Labute approximate surface area is 175 Å². The molecule has 30 heavy (non-hydrogen) atoms. The summed E-state index contributed by atoms with van der Waals surface area (Å²) in [6.45, 7) is 7.67. The van der Waals surface area contributed by atoms with Gasteiger partial charge in [0.15, 0.2) is 5.75 Å². The van der Waals surface area contributed by atoms with Crippen molar-refractivity contribution in [3.63, 3.8) is 0 Å². The Balaban J connectivity index is 2.16. The van der Waals surface area contributed by atoms with Gasteiger partial charge in [0.2, 0.25) is 5.75 Å². The molecule has 0 saturated carbocycles. The Bertz CT molecular complexity index is 995. The van der Waals surface area contributed by atoms with Crippen LogP contribution in [0.15, 0.2) is 50.7 Å². The van der Waals surface area contributed by atoms with Crippen LogP contribution in [-0.4, -0.2) is 30.9 Å². The topological polar surface area (TPSA) is 95.2 Å². The fourth-order valence-corrected chi connectivity index (χ4v) is 2.73. The van der Waals surface area contributed by atoms with Gasteiger partial charge in [0.1, 0.15) is 36.5 Å². The quantitative estimate of drug-likeness (QED) is 0.263. The first-order chi connectivity index (χ1) is 14.3. The monoisotopic (exact) mass is 416 g/mol. The van der Waals surface area contributed by atoms with Gasteiger partial charge < -0.3 is 23.7 Å². The van der Waals surface area contributed by atoms with Crippen LogP contribution in [0.25, 0.3) is 11.0 Å². The molecule has 0 unspecified atom stereocenters. The average molecular weight is 416 g/mol. The van der Waals surface area contributed by atoms with Gasteiger partial charge in [0.05, 0.1) is 0 Å². The Hall–Kier alpha value is -3.22. The van der Waals surface area contributed by atoms with E-state index in [2.05, 4.69) is 19.9 Å². The summed E-state index contributed by atoms with van der Waals surface area (Å²) in [4.78, 5) is 23.1. The average Bonchev–Trinajstić information content (AvgIpc) is 2.67. The highest BCUT2D eigenvalue weighted by Gasteiger charge is 2.18. The van der Waals surface area contributed by atoms with E-state index >= 15 is 0 Å². The van der Waals surface area contributed by atoms with E-state index in [1.54, 1.807) is 18.2 Å². The second-order valence-corrected chi connectivity index (χ2v) is 7.07. The fraction of sp³-hybridized carbons (Fsp3) is 0.391. The predicted molar refractivity (Wildman–Crippen MR) is 114 cm³/mol. The highest BCUT2D eigenvalue weighted by Crippen LogP contribution is 2.37. The maximum Gasteiger partial charge on any atom is 0.383 e. The van der Waals surface area contributed by atoms with Crippen LogP contribution in [0.4, 0.5) is 0 Å². The molecule has 0 amide bonds. The van der Waals surface area contributed by atoms with E-state index in [4.69, 9.17) is 18.6 Å². The zero-order chi connectivity index (χ0) is 22.1. The number of hydrogen-bond donors (Lipinski definition) is 1. The van der Waals surface area contributed by atoms with Crippen molar-refractivity contribution in [2.75, 3.05) is 19.8 Å². The summed E-state index contributed by atoms with van der Waals surface area (Å²) >= 11 is 0. The largest absolute Gasteiger partial charge is 0.503 e. The molecule has 0 aliphatic rings. The third kappa shape index (κ3) is 6.69. The van der Waals surface area contributed by atoms with Crippen molar-refractivity contribution in [1.29, 1.82) is 0 Å². The minimum Gasteiger partial charge on any atom is -0.503 e. The lowest BCUT2D eigenvalue weighted by atomic mass is 10.1. The number of carbonyl (C=O) groups excluding carboxylic acids is 1. The summed E-state index contributed by atoms with van der Waals surface area (Å²) in [5.74, 6) is -0.740. The van der Waals surface area contributed by atoms with Crippen molar-refractivity contribution in [2.45, 2.75) is 40.5 Å². The second-order valence-electron chi connectivity index (χ2n) is 7.07. The van der Waals surface area contributed by atoms with Crippen LogP contribution < -0.4 is 15.1 Å². The van der Waals surface area contributed by atoms with Gasteiger partial charge in [0, 0.05) is 6.92 Å². The van der Waals surface area contributed by atoms with E-state index in [9.17, 15) is 14.7 Å². The SMILES string of the molecule is CC(=O)OCCOc1cccc2oc(=O)c(OCC=C(C)CCC=C(C)C)c(O)c12. The minimum atomic E-state index is -0.771. The molecule has 0 saturated heterocycles. The second kappa shape index (κ2) is 11.1. The number of aromatic hydroxyl groups is 1. The third-order valence-corrected chi connectivity index (χ3v) is 4.22. The highest BCUT2D eigenvalue weighted by molar-refractivity contribution is 5.91. The molecule has 0 spiro atoms. The van der Waals surface area contributed by atoms with E-state index in [1.165, 1.54) is 12.5 Å². The van der Waals surface area contributed by atoms with Crippen molar-refractivity contribution in [3.05, 3.63) is 51.9 Å². The van der Waals surface area contributed by atoms with Crippen molar-refractivity contribution in [1.82, 2.24) is 0 Å². The Morgan fingerprint density at radius 1 is 1.10 bits per heavy atom. The fourth-order valence-electron chi connectivity index (χ4n) is 2.73. The van der Waals surface area contributed by atoms with E-state index in [-0.39, 0.29) is 42.3 Å². The van der Waals surface area contributed by atoms with Crippen LogP contribution in [0.5, 0.6) is 17.2 Å². The molecule has 2 aromatic rings. The molecule has 7 heteroatoms. The molecule has 0 fully saturated rings. The number of carbonyl (C=O) groups is 1. The van der Waals surface area contributed by atoms with Crippen LogP contribution in [0.2, 0.25) is 0 Å². The number of rotatable bonds is 10. The molecule has 7 nitrogen and oxygen atoms in total. The Kier molecular flexibility index (Phi) is 8.53. The molecule has 1 N–H and O–H groups in total. The molecular weight excluding hydrogens is 388 g/mol. The van der Waals surface area contributed by atoms with Gasteiger partial charge >= 0.3 is 11.6 Å². The van der Waals surface area contributed by atoms with E-state index < -0.39 is 11.6 Å². The molecule has 0 bridgehead atoms. The highest BCUT2D eigenvalue weighted by atomic mass is 16.6. The zero-order valence-corrected chi connectivity index (χ0v) is 17.8. The summed E-state index contributed by atoms with van der Waals surface area (Å²) in [5, 5.41) is 10.9. The lowest BCUT2D eigenvalue weighted by molar-refractivity contribution is -0.141. The Morgan fingerprint density at radius 3 is 2.57 bits per heavy atom. The molecule has 0 atom stereocenters. The maximum atomic E-state index is 12.2. The molecule has 0 aliphatic heterocycles.